The number of cyclic esters (lactones) is 1. The second kappa shape index (κ2) is 8.80. The molecular weight excluding hydrogens is 508 g/mol. The molecule has 0 radical (unpaired) electrons. The summed E-state index contributed by atoms with van der Waals surface area (Å²) in [4.78, 5) is 25.0. The van der Waals surface area contributed by atoms with Gasteiger partial charge in [0.05, 0.1) is 30.5 Å². The minimum Gasteiger partial charge on any atom is -0.458 e. The Morgan fingerprint density at radius 1 is 1.05 bits per heavy atom. The maximum atomic E-state index is 13.1. The van der Waals surface area contributed by atoms with Gasteiger partial charge < -0.3 is 44.2 Å². The summed E-state index contributed by atoms with van der Waals surface area (Å²) < 4.78 is 23.3. The Bertz CT molecular complexity index is 1080. The number of carbonyl (C=O) groups excluding carboxylic acids is 2. The van der Waals surface area contributed by atoms with Gasteiger partial charge in [0.2, 0.25) is 12.1 Å². The fraction of sp³-hybridized carbons (Fsp3) is 0.862. The van der Waals surface area contributed by atoms with E-state index in [1.807, 2.05) is 0 Å². The summed E-state index contributed by atoms with van der Waals surface area (Å²) in [5.41, 5.74) is -1.11. The number of fused-ring (bicyclic) bond motifs is 7. The van der Waals surface area contributed by atoms with Crippen LogP contribution in [0.3, 0.4) is 0 Å². The van der Waals surface area contributed by atoms with Crippen LogP contribution in [0.15, 0.2) is 11.6 Å². The highest BCUT2D eigenvalue weighted by Gasteiger charge is 2.70. The molecule has 10 nitrogen and oxygen atoms in total. The van der Waals surface area contributed by atoms with Gasteiger partial charge in [-0.1, -0.05) is 6.92 Å². The van der Waals surface area contributed by atoms with Gasteiger partial charge in [-0.2, -0.15) is 0 Å². The van der Waals surface area contributed by atoms with Crippen molar-refractivity contribution in [2.75, 3.05) is 13.2 Å². The summed E-state index contributed by atoms with van der Waals surface area (Å²) >= 11 is 0. The van der Waals surface area contributed by atoms with Crippen LogP contribution in [0.4, 0.5) is 0 Å². The lowest BCUT2D eigenvalue weighted by molar-refractivity contribution is -0.459. The van der Waals surface area contributed by atoms with Crippen molar-refractivity contribution >= 4 is 12.3 Å². The van der Waals surface area contributed by atoms with Gasteiger partial charge in [-0.15, -0.1) is 0 Å². The number of hydrogen-bond donors (Lipinski definition) is 4. The molecule has 3 unspecified atom stereocenters. The molecule has 4 N–H and O–H groups in total. The molecule has 13 atom stereocenters. The minimum absolute atomic E-state index is 0.0102. The first-order valence-electron chi connectivity index (χ1n) is 14.6. The first kappa shape index (κ1) is 26.5. The molecule has 4 saturated carbocycles. The van der Waals surface area contributed by atoms with E-state index in [9.17, 15) is 30.0 Å². The fourth-order valence-corrected chi connectivity index (χ4v) is 10.2. The van der Waals surface area contributed by atoms with Crippen LogP contribution in [-0.4, -0.2) is 88.0 Å². The Balaban J connectivity index is 1.17. The predicted molar refractivity (Wildman–Crippen MR) is 133 cm³/mol. The van der Waals surface area contributed by atoms with Crippen molar-refractivity contribution < 1.29 is 49.0 Å². The molecule has 10 heteroatoms. The molecule has 0 aromatic heterocycles. The number of rotatable bonds is 3. The van der Waals surface area contributed by atoms with Crippen molar-refractivity contribution in [2.45, 2.75) is 107 Å². The molecule has 2 saturated heterocycles. The predicted octanol–water partition coefficient (Wildman–Crippen LogP) is 0.973. The highest BCUT2D eigenvalue weighted by molar-refractivity contribution is 5.85. The van der Waals surface area contributed by atoms with Gasteiger partial charge in [0.25, 0.3) is 0 Å². The number of aldehydes is 1. The van der Waals surface area contributed by atoms with Gasteiger partial charge in [-0.3, -0.25) is 0 Å². The zero-order chi connectivity index (χ0) is 27.4. The maximum absolute atomic E-state index is 13.1. The number of esters is 1. The van der Waals surface area contributed by atoms with Crippen molar-refractivity contribution in [2.24, 2.45) is 34.5 Å². The SMILES string of the molecule is C[C@]12CCC3C(CC[C@H]4C[C@H]5O[C@@H]6O[C@H](CO)C[C@@H](O)[C@]6(O)O[C@@H]5CC34C=O)[C@@]1(O)CC[C@@H]2C1=CC(=O)OC1. The van der Waals surface area contributed by atoms with Crippen LogP contribution in [0.5, 0.6) is 0 Å². The highest BCUT2D eigenvalue weighted by Crippen LogP contribution is 2.70. The zero-order valence-electron chi connectivity index (χ0n) is 22.4. The lowest BCUT2D eigenvalue weighted by atomic mass is 9.42. The smallest absolute Gasteiger partial charge is 0.331 e. The van der Waals surface area contributed by atoms with E-state index in [2.05, 4.69) is 6.92 Å². The monoisotopic (exact) mass is 548 g/mol. The van der Waals surface area contributed by atoms with E-state index in [1.165, 1.54) is 0 Å². The lowest BCUT2D eigenvalue weighted by Crippen LogP contribution is -2.71. The zero-order valence-corrected chi connectivity index (χ0v) is 22.4. The highest BCUT2D eigenvalue weighted by atomic mass is 16.8. The molecule has 39 heavy (non-hydrogen) atoms. The Morgan fingerprint density at radius 3 is 2.59 bits per heavy atom. The number of ether oxygens (including phenoxy) is 4. The molecule has 3 aliphatic heterocycles. The maximum Gasteiger partial charge on any atom is 0.331 e. The van der Waals surface area contributed by atoms with Gasteiger partial charge >= 0.3 is 5.97 Å². The summed E-state index contributed by atoms with van der Waals surface area (Å²) in [7, 11) is 0. The molecule has 0 aromatic carbocycles. The molecule has 7 aliphatic rings. The van der Waals surface area contributed by atoms with Crippen molar-refractivity contribution in [1.82, 2.24) is 0 Å². The topological polar surface area (TPSA) is 152 Å². The van der Waals surface area contributed by atoms with E-state index in [-0.39, 0.29) is 42.7 Å². The Labute approximate surface area is 227 Å². The van der Waals surface area contributed by atoms with Crippen LogP contribution in [0, 0.1) is 34.5 Å². The fourth-order valence-electron chi connectivity index (χ4n) is 10.2. The average molecular weight is 549 g/mol. The number of aliphatic hydroxyl groups excluding tert-OH is 2. The quantitative estimate of drug-likeness (QED) is 0.228. The van der Waals surface area contributed by atoms with Gasteiger partial charge in [-0.25, -0.2) is 4.79 Å². The Kier molecular flexibility index (Phi) is 5.98. The number of carbonyl (C=O) groups is 2. The van der Waals surface area contributed by atoms with Crippen LogP contribution >= 0.6 is 0 Å². The van der Waals surface area contributed by atoms with Crippen LogP contribution < -0.4 is 0 Å². The van der Waals surface area contributed by atoms with E-state index >= 15 is 0 Å². The molecule has 4 aliphatic carbocycles. The molecule has 0 aromatic rings. The van der Waals surface area contributed by atoms with Crippen LogP contribution in [0.2, 0.25) is 0 Å². The third kappa shape index (κ3) is 3.46. The van der Waals surface area contributed by atoms with E-state index < -0.39 is 52.9 Å². The number of aliphatic hydroxyl groups is 4. The molecular formula is C29H40O10. The normalized spacial score (nSPS) is 56.3. The number of hydrogen-bond acceptors (Lipinski definition) is 10. The van der Waals surface area contributed by atoms with Crippen molar-refractivity contribution in [3.8, 4) is 0 Å². The Morgan fingerprint density at radius 2 is 1.87 bits per heavy atom. The van der Waals surface area contributed by atoms with Gasteiger partial charge in [0.15, 0.2) is 0 Å². The molecule has 6 fully saturated rings. The van der Waals surface area contributed by atoms with Crippen LogP contribution in [-0.2, 0) is 28.5 Å². The summed E-state index contributed by atoms with van der Waals surface area (Å²) in [6.07, 6.45) is 3.95. The second-order valence-corrected chi connectivity index (χ2v) is 13.6. The third-order valence-electron chi connectivity index (χ3n) is 12.2. The van der Waals surface area contributed by atoms with Gasteiger partial charge in [-0.05, 0) is 80.6 Å². The van der Waals surface area contributed by atoms with Gasteiger partial charge in [0.1, 0.15) is 19.0 Å². The first-order chi connectivity index (χ1) is 18.6. The molecule has 3 heterocycles. The molecule has 0 spiro atoms. The van der Waals surface area contributed by atoms with Crippen molar-refractivity contribution in [3.63, 3.8) is 0 Å². The third-order valence-corrected chi connectivity index (χ3v) is 12.2. The molecule has 216 valence electrons. The largest absolute Gasteiger partial charge is 0.458 e. The molecule has 0 amide bonds. The minimum atomic E-state index is -2.08. The van der Waals surface area contributed by atoms with Crippen molar-refractivity contribution in [3.05, 3.63) is 11.6 Å². The molecule has 0 bridgehead atoms. The van der Waals surface area contributed by atoms with Gasteiger partial charge in [0, 0.05) is 23.3 Å². The lowest BCUT2D eigenvalue weighted by Gasteiger charge is -2.64. The summed E-state index contributed by atoms with van der Waals surface area (Å²) in [6.45, 7) is 2.14. The summed E-state index contributed by atoms with van der Waals surface area (Å²) in [5, 5.41) is 44.0. The van der Waals surface area contributed by atoms with E-state index in [4.69, 9.17) is 18.9 Å². The van der Waals surface area contributed by atoms with Crippen LogP contribution in [0.25, 0.3) is 0 Å². The summed E-state index contributed by atoms with van der Waals surface area (Å²) in [6, 6.07) is 0. The van der Waals surface area contributed by atoms with E-state index in [0.29, 0.717) is 25.9 Å². The van der Waals surface area contributed by atoms with E-state index in [0.717, 1.165) is 44.0 Å². The van der Waals surface area contributed by atoms with Crippen molar-refractivity contribution in [1.29, 1.82) is 0 Å². The first-order valence-corrected chi connectivity index (χ1v) is 14.6. The summed E-state index contributed by atoms with van der Waals surface area (Å²) in [5.74, 6) is -2.37. The average Bonchev–Trinajstić information content (AvgIpc) is 3.46. The van der Waals surface area contributed by atoms with E-state index in [1.54, 1.807) is 6.08 Å². The Hall–Kier alpha value is -1.40. The van der Waals surface area contributed by atoms with Crippen LogP contribution in [0.1, 0.15) is 64.7 Å². The molecule has 7 rings (SSSR count). The second-order valence-electron chi connectivity index (χ2n) is 13.6. The standard InChI is InChI=1S/C29H40O10/c1-26-6-4-19-20(28(26,34)7-5-18(26)15-8-24(33)36-13-15)3-2-16-9-21-22(11-27(16,19)14-31)39-29(35)23(32)10-17(12-30)37-25(29)38-21/h8,14,16-23,25,30,32,34-35H,2-7,9-13H2,1H3/t16-,17-,18+,19?,20?,21+,22+,23+,25-,26+,27?,28-,29-/m0/s1.